The average molecular weight is 401 g/mol. The number of nitriles is 1. The second kappa shape index (κ2) is 8.66. The number of carbonyl (C=O) groups excluding carboxylic acids is 1. The van der Waals surface area contributed by atoms with Gasteiger partial charge >= 0.3 is 5.88 Å². The van der Waals surface area contributed by atoms with E-state index in [2.05, 4.69) is 21.6 Å². The number of halogens is 1. The highest BCUT2D eigenvalue weighted by atomic mass is 35.5. The van der Waals surface area contributed by atoms with Crippen molar-refractivity contribution < 1.29 is 14.0 Å². The van der Waals surface area contributed by atoms with Gasteiger partial charge in [-0.1, -0.05) is 40.2 Å². The molecule has 2 aromatic heterocycles. The normalized spacial score (nSPS) is 10.4. The smallest absolute Gasteiger partial charge is 0.288 e. The molecule has 136 valence electrons. The standard InChI is InChI=1S/C18H14ClN5O2S/c1-2-24-10-17(26-23-24)22-16(25)11-27-18-13(9-20)5-8-15(21-18)12-3-6-14(19)7-4-12/h3-8,10H,2,11H2,1H3/p+1. The Bertz CT molecular complexity index is 998. The molecule has 0 spiro atoms. The summed E-state index contributed by atoms with van der Waals surface area (Å²) in [5, 5.41) is 16.8. The van der Waals surface area contributed by atoms with Gasteiger partial charge in [0.05, 0.1) is 17.0 Å². The molecule has 7 nitrogen and oxygen atoms in total. The Kier molecular flexibility index (Phi) is 6.06. The molecule has 3 aromatic rings. The topological polar surface area (TPSA) is 95.7 Å². The van der Waals surface area contributed by atoms with Crippen LogP contribution in [-0.2, 0) is 11.3 Å². The highest BCUT2D eigenvalue weighted by Gasteiger charge is 2.14. The van der Waals surface area contributed by atoms with Crippen molar-refractivity contribution in [3.63, 3.8) is 0 Å². The fourth-order valence-electron chi connectivity index (χ4n) is 2.21. The predicted molar refractivity (Wildman–Crippen MR) is 101 cm³/mol. The number of hydrogen-bond acceptors (Lipinski definition) is 6. The lowest BCUT2D eigenvalue weighted by Gasteiger charge is -2.06. The van der Waals surface area contributed by atoms with Gasteiger partial charge in [-0.05, 0) is 31.2 Å². The summed E-state index contributed by atoms with van der Waals surface area (Å²) in [4.78, 5) is 16.6. The Balaban J connectivity index is 1.71. The summed E-state index contributed by atoms with van der Waals surface area (Å²) in [5.74, 6) is 0.0753. The number of aryl methyl sites for hydroxylation is 1. The molecule has 0 saturated heterocycles. The number of benzene rings is 1. The van der Waals surface area contributed by atoms with Gasteiger partial charge in [0, 0.05) is 10.6 Å². The highest BCUT2D eigenvalue weighted by molar-refractivity contribution is 8.00. The second-order valence-electron chi connectivity index (χ2n) is 5.43. The number of thioether (sulfide) groups is 1. The average Bonchev–Trinajstić information content (AvgIpc) is 3.14. The number of carbonyl (C=O) groups is 1. The Morgan fingerprint density at radius 1 is 1.33 bits per heavy atom. The summed E-state index contributed by atoms with van der Waals surface area (Å²) in [7, 11) is 0. The van der Waals surface area contributed by atoms with Gasteiger partial charge in [0.15, 0.2) is 6.54 Å². The first-order valence-electron chi connectivity index (χ1n) is 8.05. The first-order chi connectivity index (χ1) is 13.1. The van der Waals surface area contributed by atoms with Crippen LogP contribution < -0.4 is 10.00 Å². The summed E-state index contributed by atoms with van der Waals surface area (Å²) in [6, 6.07) is 12.8. The van der Waals surface area contributed by atoms with E-state index < -0.39 is 0 Å². The number of pyridine rings is 1. The van der Waals surface area contributed by atoms with Gasteiger partial charge in [0.1, 0.15) is 11.1 Å². The SMILES string of the molecule is CC[n+]1cc(NC(=O)CSc2nc(-c3ccc(Cl)cc3)ccc2C#N)on1. The van der Waals surface area contributed by atoms with Crippen LogP contribution >= 0.6 is 23.4 Å². The third kappa shape index (κ3) is 4.84. The summed E-state index contributed by atoms with van der Waals surface area (Å²) < 4.78 is 6.57. The maximum Gasteiger partial charge on any atom is 0.302 e. The zero-order valence-electron chi connectivity index (χ0n) is 14.3. The van der Waals surface area contributed by atoms with Gasteiger partial charge in [-0.25, -0.2) is 4.98 Å². The van der Waals surface area contributed by atoms with E-state index in [9.17, 15) is 10.1 Å². The first-order valence-corrected chi connectivity index (χ1v) is 9.41. The Morgan fingerprint density at radius 3 is 2.78 bits per heavy atom. The van der Waals surface area contributed by atoms with Crippen LogP contribution in [0.25, 0.3) is 11.3 Å². The van der Waals surface area contributed by atoms with E-state index in [1.54, 1.807) is 35.1 Å². The third-order valence-corrected chi connectivity index (χ3v) is 4.80. The fourth-order valence-corrected chi connectivity index (χ4v) is 3.11. The van der Waals surface area contributed by atoms with Gasteiger partial charge in [-0.2, -0.15) is 5.26 Å². The van der Waals surface area contributed by atoms with Crippen LogP contribution in [0.15, 0.2) is 52.1 Å². The molecule has 0 aliphatic rings. The van der Waals surface area contributed by atoms with E-state index in [1.165, 1.54) is 11.8 Å². The zero-order chi connectivity index (χ0) is 19.2. The van der Waals surface area contributed by atoms with E-state index in [1.807, 2.05) is 19.1 Å². The second-order valence-corrected chi connectivity index (χ2v) is 6.83. The van der Waals surface area contributed by atoms with E-state index in [0.29, 0.717) is 27.9 Å². The number of anilines is 1. The van der Waals surface area contributed by atoms with Crippen molar-refractivity contribution in [2.75, 3.05) is 11.1 Å². The van der Waals surface area contributed by atoms with Gasteiger partial charge in [0.2, 0.25) is 11.2 Å². The molecule has 1 amide bonds. The van der Waals surface area contributed by atoms with Gasteiger partial charge in [-0.15, -0.1) is 0 Å². The summed E-state index contributed by atoms with van der Waals surface area (Å²) >= 11 is 7.10. The van der Waals surface area contributed by atoms with Crippen molar-refractivity contribution in [1.29, 1.82) is 5.26 Å². The molecule has 0 unspecified atom stereocenters. The minimum atomic E-state index is -0.276. The van der Waals surface area contributed by atoms with Crippen molar-refractivity contribution in [2.24, 2.45) is 0 Å². The lowest BCUT2D eigenvalue weighted by molar-refractivity contribution is -0.759. The molecule has 3 rings (SSSR count). The Morgan fingerprint density at radius 2 is 2.11 bits per heavy atom. The quantitative estimate of drug-likeness (QED) is 0.503. The van der Waals surface area contributed by atoms with Crippen LogP contribution in [0.1, 0.15) is 12.5 Å². The van der Waals surface area contributed by atoms with Crippen molar-refractivity contribution in [2.45, 2.75) is 18.5 Å². The predicted octanol–water partition coefficient (Wildman–Crippen LogP) is 3.30. The van der Waals surface area contributed by atoms with Crippen molar-refractivity contribution in [1.82, 2.24) is 10.3 Å². The number of rotatable bonds is 6. The lowest BCUT2D eigenvalue weighted by Crippen LogP contribution is -2.32. The minimum absolute atomic E-state index is 0.0819. The molecule has 0 saturated carbocycles. The first kappa shape index (κ1) is 18.9. The number of hydrogen-bond donors (Lipinski definition) is 1. The minimum Gasteiger partial charge on any atom is -0.288 e. The molecule has 0 aliphatic carbocycles. The Hall–Kier alpha value is -2.89. The fraction of sp³-hybridized carbons (Fsp3) is 0.167. The monoisotopic (exact) mass is 400 g/mol. The maximum absolute atomic E-state index is 12.1. The van der Waals surface area contributed by atoms with Crippen LogP contribution in [0.4, 0.5) is 5.88 Å². The lowest BCUT2D eigenvalue weighted by atomic mass is 10.1. The van der Waals surface area contributed by atoms with Crippen molar-refractivity contribution >= 4 is 35.2 Å². The van der Waals surface area contributed by atoms with Crippen LogP contribution in [0.5, 0.6) is 0 Å². The van der Waals surface area contributed by atoms with Crippen LogP contribution in [-0.4, -0.2) is 21.9 Å². The van der Waals surface area contributed by atoms with E-state index >= 15 is 0 Å². The van der Waals surface area contributed by atoms with Crippen LogP contribution in [0, 0.1) is 11.3 Å². The van der Waals surface area contributed by atoms with Crippen molar-refractivity contribution in [3.8, 4) is 17.3 Å². The zero-order valence-corrected chi connectivity index (χ0v) is 15.9. The molecule has 9 heteroatoms. The van der Waals surface area contributed by atoms with Gasteiger partial charge < -0.3 is 0 Å². The Labute approximate surface area is 164 Å². The molecule has 0 fully saturated rings. The van der Waals surface area contributed by atoms with E-state index in [-0.39, 0.29) is 17.5 Å². The summed E-state index contributed by atoms with van der Waals surface area (Å²) in [5.41, 5.74) is 1.99. The maximum atomic E-state index is 12.1. The molecule has 27 heavy (non-hydrogen) atoms. The summed E-state index contributed by atoms with van der Waals surface area (Å²) in [6.45, 7) is 2.55. The van der Waals surface area contributed by atoms with Crippen molar-refractivity contribution in [3.05, 3.63) is 53.2 Å². The molecule has 1 aromatic carbocycles. The molecule has 0 atom stereocenters. The number of nitrogens with one attached hydrogen (secondary N) is 1. The van der Waals surface area contributed by atoms with Crippen LogP contribution in [0.3, 0.4) is 0 Å². The van der Waals surface area contributed by atoms with E-state index in [0.717, 1.165) is 5.56 Å². The van der Waals surface area contributed by atoms with E-state index in [4.69, 9.17) is 16.1 Å². The molecule has 0 aliphatic heterocycles. The highest BCUT2D eigenvalue weighted by Crippen LogP contribution is 2.26. The molecule has 2 heterocycles. The molecular formula is C18H15ClN5O2S+. The van der Waals surface area contributed by atoms with Crippen LogP contribution in [0.2, 0.25) is 5.02 Å². The van der Waals surface area contributed by atoms with Gasteiger partial charge in [0.25, 0.3) is 6.20 Å². The van der Waals surface area contributed by atoms with Gasteiger partial charge in [-0.3, -0.25) is 14.6 Å². The molecular weight excluding hydrogens is 386 g/mol. The molecule has 0 radical (unpaired) electrons. The molecule has 1 N–H and O–H groups in total. The number of amides is 1. The third-order valence-electron chi connectivity index (χ3n) is 3.56. The largest absolute Gasteiger partial charge is 0.302 e. The number of aromatic nitrogens is 3. The summed E-state index contributed by atoms with van der Waals surface area (Å²) in [6.07, 6.45) is 1.60. The molecule has 0 bridgehead atoms. The number of nitrogens with zero attached hydrogens (tertiary/aromatic N) is 4.